The summed E-state index contributed by atoms with van der Waals surface area (Å²) in [6, 6.07) is 2.91. The van der Waals surface area contributed by atoms with E-state index in [0.29, 0.717) is 6.42 Å². The number of aryl methyl sites for hydroxylation is 1. The molecule has 0 aliphatic rings. The van der Waals surface area contributed by atoms with Gasteiger partial charge in [-0.15, -0.1) is 0 Å². The van der Waals surface area contributed by atoms with Crippen molar-refractivity contribution in [2.75, 3.05) is 0 Å². The lowest BCUT2D eigenvalue weighted by Gasteiger charge is -2.04. The number of halogens is 2. The predicted molar refractivity (Wildman–Crippen MR) is 40.2 cm³/mol. The lowest BCUT2D eigenvalue weighted by atomic mass is 10.3. The molecule has 0 fully saturated rings. The first kappa shape index (κ1) is 8.90. The van der Waals surface area contributed by atoms with Gasteiger partial charge in [0, 0.05) is 18.0 Å². The van der Waals surface area contributed by atoms with Crippen molar-refractivity contribution in [3.8, 4) is 5.75 Å². The number of hydrogen-bond acceptors (Lipinski definition) is 2. The molecule has 0 atom stereocenters. The number of nitrogens with zero attached hydrogens (tertiary/aromatic N) is 1. The Balaban J connectivity index is 2.72. The predicted octanol–water partition coefficient (Wildman–Crippen LogP) is 2.25. The molecule has 0 spiro atoms. The summed E-state index contributed by atoms with van der Waals surface area (Å²) in [4.78, 5) is 3.94. The van der Waals surface area contributed by atoms with Gasteiger partial charge in [-0.2, -0.15) is 8.78 Å². The molecule has 0 amide bonds. The molecule has 1 heterocycles. The highest BCUT2D eigenvalue weighted by Crippen LogP contribution is 2.13. The summed E-state index contributed by atoms with van der Waals surface area (Å²) in [5, 5.41) is 0. The quantitative estimate of drug-likeness (QED) is 0.699. The largest absolute Gasteiger partial charge is 0.435 e. The van der Waals surface area contributed by atoms with Gasteiger partial charge < -0.3 is 4.74 Å². The van der Waals surface area contributed by atoms with Crippen molar-refractivity contribution in [1.82, 2.24) is 4.98 Å². The maximum Gasteiger partial charge on any atom is 0.387 e. The summed E-state index contributed by atoms with van der Waals surface area (Å²) < 4.78 is 27.6. The first-order chi connectivity index (χ1) is 5.72. The van der Waals surface area contributed by atoms with Crippen LogP contribution in [0.4, 0.5) is 8.78 Å². The van der Waals surface area contributed by atoms with E-state index in [4.69, 9.17) is 0 Å². The fraction of sp³-hybridized carbons (Fsp3) is 0.375. The second-order valence-corrected chi connectivity index (χ2v) is 2.21. The highest BCUT2D eigenvalue weighted by molar-refractivity contribution is 5.22. The van der Waals surface area contributed by atoms with Gasteiger partial charge in [0.1, 0.15) is 5.75 Å². The van der Waals surface area contributed by atoms with Crippen molar-refractivity contribution >= 4 is 0 Å². The van der Waals surface area contributed by atoms with Gasteiger partial charge in [-0.1, -0.05) is 6.92 Å². The Morgan fingerprint density at radius 3 is 2.92 bits per heavy atom. The Bertz CT molecular complexity index is 253. The first-order valence-corrected chi connectivity index (χ1v) is 3.62. The topological polar surface area (TPSA) is 22.1 Å². The maximum absolute atomic E-state index is 11.7. The molecule has 0 aliphatic carbocycles. The number of aromatic nitrogens is 1. The van der Waals surface area contributed by atoms with Crippen LogP contribution in [0.3, 0.4) is 0 Å². The number of ether oxygens (including phenoxy) is 1. The van der Waals surface area contributed by atoms with Gasteiger partial charge >= 0.3 is 6.61 Å². The van der Waals surface area contributed by atoms with E-state index in [2.05, 4.69) is 9.72 Å². The molecule has 0 bridgehead atoms. The van der Waals surface area contributed by atoms with Crippen molar-refractivity contribution in [3.05, 3.63) is 24.0 Å². The Morgan fingerprint density at radius 1 is 1.58 bits per heavy atom. The lowest BCUT2D eigenvalue weighted by Crippen LogP contribution is -2.02. The van der Waals surface area contributed by atoms with E-state index in [-0.39, 0.29) is 5.75 Å². The van der Waals surface area contributed by atoms with Gasteiger partial charge in [-0.25, -0.2) is 0 Å². The van der Waals surface area contributed by atoms with E-state index in [1.54, 1.807) is 0 Å². The van der Waals surface area contributed by atoms with Crippen LogP contribution in [-0.4, -0.2) is 11.6 Å². The molecular weight excluding hydrogens is 164 g/mol. The Kier molecular flexibility index (Phi) is 2.96. The van der Waals surface area contributed by atoms with Crippen LogP contribution in [0.5, 0.6) is 5.75 Å². The van der Waals surface area contributed by atoms with E-state index in [1.165, 1.54) is 18.3 Å². The number of hydrogen-bond donors (Lipinski definition) is 0. The third-order valence-electron chi connectivity index (χ3n) is 1.38. The van der Waals surface area contributed by atoms with Gasteiger partial charge in [0.05, 0.1) is 0 Å². The Morgan fingerprint density at radius 2 is 2.33 bits per heavy atom. The second-order valence-electron chi connectivity index (χ2n) is 2.21. The minimum Gasteiger partial charge on any atom is -0.435 e. The molecule has 0 saturated heterocycles. The Hall–Kier alpha value is -1.19. The van der Waals surface area contributed by atoms with E-state index < -0.39 is 6.61 Å². The van der Waals surface area contributed by atoms with Crippen LogP contribution >= 0.6 is 0 Å². The van der Waals surface area contributed by atoms with Crippen molar-refractivity contribution < 1.29 is 13.5 Å². The molecule has 66 valence electrons. The second kappa shape index (κ2) is 3.99. The number of rotatable bonds is 3. The van der Waals surface area contributed by atoms with Gasteiger partial charge in [-0.3, -0.25) is 4.98 Å². The van der Waals surface area contributed by atoms with Crippen LogP contribution in [0.25, 0.3) is 0 Å². The molecule has 1 aromatic heterocycles. The Labute approximate surface area is 69.2 Å². The first-order valence-electron chi connectivity index (χ1n) is 3.62. The summed E-state index contributed by atoms with van der Waals surface area (Å²) in [7, 11) is 0. The van der Waals surface area contributed by atoms with Crippen LogP contribution in [0.1, 0.15) is 12.6 Å². The average molecular weight is 173 g/mol. The minimum absolute atomic E-state index is 0.164. The van der Waals surface area contributed by atoms with Crippen LogP contribution in [-0.2, 0) is 6.42 Å². The molecule has 0 unspecified atom stereocenters. The zero-order chi connectivity index (χ0) is 8.97. The molecule has 0 N–H and O–H groups in total. The van der Waals surface area contributed by atoms with Crippen LogP contribution in [0, 0.1) is 0 Å². The van der Waals surface area contributed by atoms with Gasteiger partial charge in [-0.05, 0) is 12.5 Å². The highest BCUT2D eigenvalue weighted by atomic mass is 19.3. The average Bonchev–Trinajstić information content (AvgIpc) is 2.03. The van der Waals surface area contributed by atoms with Crippen LogP contribution in [0.15, 0.2) is 18.3 Å². The van der Waals surface area contributed by atoms with Crippen LogP contribution in [0.2, 0.25) is 0 Å². The lowest BCUT2D eigenvalue weighted by molar-refractivity contribution is -0.0499. The summed E-state index contributed by atoms with van der Waals surface area (Å²) in [6.07, 6.45) is 2.16. The third-order valence-corrected chi connectivity index (χ3v) is 1.38. The maximum atomic E-state index is 11.7. The molecule has 0 radical (unpaired) electrons. The smallest absolute Gasteiger partial charge is 0.387 e. The molecule has 0 aromatic carbocycles. The van der Waals surface area contributed by atoms with Crippen molar-refractivity contribution in [2.45, 2.75) is 20.0 Å². The fourth-order valence-corrected chi connectivity index (χ4v) is 0.826. The molecule has 12 heavy (non-hydrogen) atoms. The molecular formula is C8H9F2NO. The number of alkyl halides is 2. The van der Waals surface area contributed by atoms with Crippen LogP contribution < -0.4 is 4.74 Å². The molecule has 0 aliphatic heterocycles. The SMILES string of the molecule is CCc1cc(OC(F)F)ccn1. The normalized spacial score (nSPS) is 10.3. The molecule has 4 heteroatoms. The van der Waals surface area contributed by atoms with Crippen molar-refractivity contribution in [3.63, 3.8) is 0 Å². The van der Waals surface area contributed by atoms with E-state index in [9.17, 15) is 8.78 Å². The molecule has 0 saturated carbocycles. The summed E-state index contributed by atoms with van der Waals surface area (Å²) in [5.74, 6) is 0.164. The van der Waals surface area contributed by atoms with Gasteiger partial charge in [0.25, 0.3) is 0 Å². The van der Waals surface area contributed by atoms with E-state index in [1.807, 2.05) is 6.92 Å². The van der Waals surface area contributed by atoms with Crippen molar-refractivity contribution in [2.24, 2.45) is 0 Å². The standard InChI is InChI=1S/C8H9F2NO/c1-2-6-5-7(3-4-11-6)12-8(9)10/h3-5,8H,2H2,1H3. The highest BCUT2D eigenvalue weighted by Gasteiger charge is 2.03. The van der Waals surface area contributed by atoms with Gasteiger partial charge in [0.15, 0.2) is 0 Å². The zero-order valence-electron chi connectivity index (χ0n) is 6.63. The zero-order valence-corrected chi connectivity index (χ0v) is 6.63. The fourth-order valence-electron chi connectivity index (χ4n) is 0.826. The number of pyridine rings is 1. The summed E-state index contributed by atoms with van der Waals surface area (Å²) in [6.45, 7) is -0.869. The van der Waals surface area contributed by atoms with Gasteiger partial charge in [0.2, 0.25) is 0 Å². The molecule has 1 rings (SSSR count). The summed E-state index contributed by atoms with van der Waals surface area (Å²) >= 11 is 0. The summed E-state index contributed by atoms with van der Waals surface area (Å²) in [5.41, 5.74) is 0.744. The van der Waals surface area contributed by atoms with Crippen molar-refractivity contribution in [1.29, 1.82) is 0 Å². The third kappa shape index (κ3) is 2.45. The molecule has 2 nitrogen and oxygen atoms in total. The monoisotopic (exact) mass is 173 g/mol. The van der Waals surface area contributed by atoms with E-state index >= 15 is 0 Å². The minimum atomic E-state index is -2.77. The molecule has 1 aromatic rings. The van der Waals surface area contributed by atoms with E-state index in [0.717, 1.165) is 5.69 Å².